The first-order valence-corrected chi connectivity index (χ1v) is 9.58. The van der Waals surface area contributed by atoms with E-state index in [0.717, 1.165) is 52.8 Å². The number of rotatable bonds is 10. The third-order valence-corrected chi connectivity index (χ3v) is 4.63. The average molecular weight is 370 g/mol. The topological polar surface area (TPSA) is 51.1 Å². The molecule has 0 bridgehead atoms. The van der Waals surface area contributed by atoms with Crippen LogP contribution in [0.15, 0.2) is 29.3 Å². The van der Waals surface area contributed by atoms with Crippen LogP contribution in [-0.2, 0) is 4.79 Å². The highest BCUT2D eigenvalue weighted by atomic mass is 16.5. The van der Waals surface area contributed by atoms with Gasteiger partial charge in [-0.05, 0) is 67.3 Å². The maximum absolute atomic E-state index is 11.2. The minimum absolute atomic E-state index is 0.00181. The third-order valence-electron chi connectivity index (χ3n) is 4.63. The highest BCUT2D eigenvalue weighted by Gasteiger charge is 2.12. The largest absolute Gasteiger partial charge is 0.493 e. The minimum atomic E-state index is 0.00181. The molecule has 0 heterocycles. The number of methoxy groups -OCH3 is 1. The number of aliphatic imine (C=N–C) groups is 1. The molecule has 5 nitrogen and oxygen atoms in total. The Bertz CT molecular complexity index is 802. The number of carbonyl (C=O) groups is 1. The van der Waals surface area contributed by atoms with Crippen molar-refractivity contribution in [2.45, 2.75) is 46.6 Å². The number of benzene rings is 2. The van der Waals surface area contributed by atoms with Crippen LogP contribution in [0.25, 0.3) is 10.8 Å². The molecule has 0 saturated carbocycles. The number of ether oxygens (including phenoxy) is 2. The molecule has 0 radical (unpaired) electrons. The van der Waals surface area contributed by atoms with E-state index >= 15 is 0 Å². The van der Waals surface area contributed by atoms with Crippen molar-refractivity contribution in [3.63, 3.8) is 0 Å². The van der Waals surface area contributed by atoms with Gasteiger partial charge in [-0.1, -0.05) is 13.8 Å². The summed E-state index contributed by atoms with van der Waals surface area (Å²) in [5, 5.41) is 2.14. The Morgan fingerprint density at radius 2 is 1.81 bits per heavy atom. The number of fused-ring (bicyclic) bond motifs is 1. The predicted octanol–water partition coefficient (Wildman–Crippen LogP) is 4.90. The van der Waals surface area contributed by atoms with E-state index < -0.39 is 0 Å². The first kappa shape index (κ1) is 20.7. The van der Waals surface area contributed by atoms with Crippen molar-refractivity contribution < 1.29 is 14.3 Å². The predicted molar refractivity (Wildman–Crippen MR) is 112 cm³/mol. The van der Waals surface area contributed by atoms with Crippen LogP contribution in [0.1, 0.15) is 39.2 Å². The Kier molecular flexibility index (Phi) is 7.65. The zero-order valence-electron chi connectivity index (χ0n) is 17.0. The molecule has 2 aromatic carbocycles. The highest BCUT2D eigenvalue weighted by Crippen LogP contribution is 2.35. The van der Waals surface area contributed by atoms with E-state index in [1.807, 2.05) is 32.2 Å². The molecule has 5 heteroatoms. The fourth-order valence-electron chi connectivity index (χ4n) is 3.01. The number of hydrogen-bond acceptors (Lipinski definition) is 4. The summed E-state index contributed by atoms with van der Waals surface area (Å²) in [6.45, 7) is 9.47. The van der Waals surface area contributed by atoms with Gasteiger partial charge in [-0.3, -0.25) is 9.79 Å². The zero-order valence-corrected chi connectivity index (χ0v) is 17.0. The number of amides is 1. The van der Waals surface area contributed by atoms with Gasteiger partial charge < -0.3 is 14.4 Å². The Hall–Kier alpha value is -2.56. The van der Waals surface area contributed by atoms with Crippen molar-refractivity contribution in [1.29, 1.82) is 0 Å². The van der Waals surface area contributed by atoms with Crippen LogP contribution in [-0.4, -0.2) is 43.8 Å². The molecule has 0 aliphatic rings. The molecule has 0 aromatic heterocycles. The summed E-state index contributed by atoms with van der Waals surface area (Å²) < 4.78 is 11.3. The van der Waals surface area contributed by atoms with Gasteiger partial charge in [0.25, 0.3) is 0 Å². The minimum Gasteiger partial charge on any atom is -0.493 e. The molecule has 1 unspecified atom stereocenters. The van der Waals surface area contributed by atoms with Crippen molar-refractivity contribution in [3.8, 4) is 11.5 Å². The van der Waals surface area contributed by atoms with Gasteiger partial charge in [-0.25, -0.2) is 0 Å². The molecule has 1 amide bonds. The summed E-state index contributed by atoms with van der Waals surface area (Å²) in [6, 6.07) is 8.17. The van der Waals surface area contributed by atoms with Crippen LogP contribution < -0.4 is 9.47 Å². The quantitative estimate of drug-likeness (QED) is 0.441. The molecule has 0 fully saturated rings. The second-order valence-corrected chi connectivity index (χ2v) is 6.53. The maximum atomic E-state index is 11.2. The van der Waals surface area contributed by atoms with Crippen LogP contribution in [0.5, 0.6) is 11.5 Å². The zero-order chi connectivity index (χ0) is 19.8. The van der Waals surface area contributed by atoms with E-state index in [4.69, 9.17) is 9.47 Å². The maximum Gasteiger partial charge on any atom is 0.210 e. The summed E-state index contributed by atoms with van der Waals surface area (Å²) in [6.07, 6.45) is 4.52. The standard InChI is InChI=1S/C22H30N2O3/c1-6-9-27-22-13-17-10-16(4)20(11-18(17)12-21(22)26-5)23-14-19(7-2)24(8-3)15-25/h10-15,19H,6-9H2,1-5H3. The van der Waals surface area contributed by atoms with Crippen LogP contribution in [0.4, 0.5) is 5.69 Å². The van der Waals surface area contributed by atoms with Gasteiger partial charge in [0.2, 0.25) is 6.41 Å². The van der Waals surface area contributed by atoms with Crippen LogP contribution in [0, 0.1) is 6.92 Å². The molecule has 2 rings (SSSR count). The second-order valence-electron chi connectivity index (χ2n) is 6.53. The molecule has 0 spiro atoms. The first-order valence-electron chi connectivity index (χ1n) is 9.58. The Morgan fingerprint density at radius 1 is 1.11 bits per heavy atom. The lowest BCUT2D eigenvalue weighted by molar-refractivity contribution is -0.118. The summed E-state index contributed by atoms with van der Waals surface area (Å²) in [4.78, 5) is 17.6. The van der Waals surface area contributed by atoms with Crippen molar-refractivity contribution in [3.05, 3.63) is 29.8 Å². The Labute approximate surface area is 162 Å². The normalized spacial score (nSPS) is 12.3. The lowest BCUT2D eigenvalue weighted by Gasteiger charge is -2.22. The van der Waals surface area contributed by atoms with E-state index in [-0.39, 0.29) is 6.04 Å². The van der Waals surface area contributed by atoms with E-state index in [2.05, 4.69) is 31.0 Å². The van der Waals surface area contributed by atoms with Crippen molar-refractivity contribution in [2.24, 2.45) is 4.99 Å². The molecule has 146 valence electrons. The molecule has 0 aliphatic carbocycles. The summed E-state index contributed by atoms with van der Waals surface area (Å²) in [5.74, 6) is 1.48. The summed E-state index contributed by atoms with van der Waals surface area (Å²) in [5.41, 5.74) is 1.97. The van der Waals surface area contributed by atoms with E-state index in [0.29, 0.717) is 13.2 Å². The van der Waals surface area contributed by atoms with Gasteiger partial charge >= 0.3 is 0 Å². The second kappa shape index (κ2) is 9.95. The van der Waals surface area contributed by atoms with Gasteiger partial charge in [-0.2, -0.15) is 0 Å². The van der Waals surface area contributed by atoms with Gasteiger partial charge in [0, 0.05) is 12.8 Å². The third kappa shape index (κ3) is 5.00. The molecule has 0 N–H and O–H groups in total. The molecular weight excluding hydrogens is 340 g/mol. The number of carbonyl (C=O) groups excluding carboxylic acids is 1. The van der Waals surface area contributed by atoms with Gasteiger partial charge in [-0.15, -0.1) is 0 Å². The SMILES string of the molecule is CCCOc1cc2cc(C)c(N=CC(CC)N(C=O)CC)cc2cc1OC. The van der Waals surface area contributed by atoms with Crippen molar-refractivity contribution in [2.75, 3.05) is 20.3 Å². The molecule has 27 heavy (non-hydrogen) atoms. The monoisotopic (exact) mass is 370 g/mol. The average Bonchev–Trinajstić information content (AvgIpc) is 2.69. The molecule has 0 aliphatic heterocycles. The fourth-order valence-corrected chi connectivity index (χ4v) is 3.01. The Morgan fingerprint density at radius 3 is 2.41 bits per heavy atom. The summed E-state index contributed by atoms with van der Waals surface area (Å²) >= 11 is 0. The van der Waals surface area contributed by atoms with Crippen molar-refractivity contribution in [1.82, 2.24) is 4.90 Å². The highest BCUT2D eigenvalue weighted by molar-refractivity contribution is 5.90. The van der Waals surface area contributed by atoms with E-state index in [1.165, 1.54) is 0 Å². The smallest absolute Gasteiger partial charge is 0.210 e. The first-order chi connectivity index (χ1) is 13.1. The van der Waals surface area contributed by atoms with Crippen molar-refractivity contribution >= 4 is 29.1 Å². The number of aryl methyl sites for hydroxylation is 1. The molecule has 1 atom stereocenters. The molecule has 0 saturated heterocycles. The Balaban J connectivity index is 2.39. The number of nitrogens with zero attached hydrogens (tertiary/aromatic N) is 2. The lowest BCUT2D eigenvalue weighted by Crippen LogP contribution is -2.34. The fraction of sp³-hybridized carbons (Fsp3) is 0.455. The summed E-state index contributed by atoms with van der Waals surface area (Å²) in [7, 11) is 1.65. The van der Waals surface area contributed by atoms with Gasteiger partial charge in [0.15, 0.2) is 11.5 Å². The van der Waals surface area contributed by atoms with Crippen LogP contribution >= 0.6 is 0 Å². The molecular formula is C22H30N2O3. The lowest BCUT2D eigenvalue weighted by atomic mass is 10.0. The van der Waals surface area contributed by atoms with Gasteiger partial charge in [0.1, 0.15) is 0 Å². The molecule has 2 aromatic rings. The van der Waals surface area contributed by atoms with Crippen LogP contribution in [0.2, 0.25) is 0 Å². The number of hydrogen-bond donors (Lipinski definition) is 0. The van der Waals surface area contributed by atoms with Gasteiger partial charge in [0.05, 0.1) is 25.4 Å². The van der Waals surface area contributed by atoms with Crippen LogP contribution in [0.3, 0.4) is 0 Å². The van der Waals surface area contributed by atoms with E-state index in [1.54, 1.807) is 12.0 Å². The van der Waals surface area contributed by atoms with E-state index in [9.17, 15) is 4.79 Å².